The van der Waals surface area contributed by atoms with Crippen molar-refractivity contribution in [3.8, 4) is 0 Å². The summed E-state index contributed by atoms with van der Waals surface area (Å²) >= 11 is 0. The first kappa shape index (κ1) is 18.9. The zero-order valence-corrected chi connectivity index (χ0v) is 14.3. The summed E-state index contributed by atoms with van der Waals surface area (Å²) in [6, 6.07) is -0.608. The fraction of sp³-hybridized carbons (Fsp3) is 0.875. The van der Waals surface area contributed by atoms with Crippen LogP contribution in [0.1, 0.15) is 68.2 Å². The molecule has 4 nitrogen and oxygen atoms in total. The molecule has 0 aromatic carbocycles. The summed E-state index contributed by atoms with van der Waals surface area (Å²) in [5.74, 6) is -0.199. The van der Waals surface area contributed by atoms with Crippen molar-refractivity contribution in [3.63, 3.8) is 0 Å². The minimum Gasteiger partial charge on any atom is -0.458 e. The van der Waals surface area contributed by atoms with Gasteiger partial charge < -0.3 is 10.1 Å². The number of rotatable bonds is 5. The molecule has 0 saturated heterocycles. The van der Waals surface area contributed by atoms with Gasteiger partial charge >= 0.3 is 5.97 Å². The molecule has 0 saturated carbocycles. The van der Waals surface area contributed by atoms with Gasteiger partial charge in [-0.3, -0.25) is 4.79 Å². The number of hydrogen-bond acceptors (Lipinski definition) is 3. The van der Waals surface area contributed by atoms with E-state index in [0.717, 1.165) is 6.42 Å². The van der Waals surface area contributed by atoms with Crippen LogP contribution >= 0.6 is 0 Å². The smallest absolute Gasteiger partial charge is 0.328 e. The zero-order valence-electron chi connectivity index (χ0n) is 14.3. The molecule has 0 fully saturated rings. The summed E-state index contributed by atoms with van der Waals surface area (Å²) in [5, 5.41) is 2.71. The van der Waals surface area contributed by atoms with Crippen molar-refractivity contribution in [2.75, 3.05) is 0 Å². The number of esters is 1. The summed E-state index contributed by atoms with van der Waals surface area (Å²) in [6.45, 7) is 15.6. The van der Waals surface area contributed by atoms with Gasteiger partial charge in [0.05, 0.1) is 0 Å². The van der Waals surface area contributed by atoms with E-state index in [1.165, 1.54) is 0 Å². The van der Waals surface area contributed by atoms with E-state index in [1.54, 1.807) is 6.92 Å². The highest BCUT2D eigenvalue weighted by atomic mass is 16.6. The lowest BCUT2D eigenvalue weighted by molar-refractivity contribution is -0.158. The lowest BCUT2D eigenvalue weighted by Crippen LogP contribution is -2.42. The maximum Gasteiger partial charge on any atom is 0.328 e. The molecule has 0 spiro atoms. The van der Waals surface area contributed by atoms with Crippen LogP contribution in [0.2, 0.25) is 0 Å². The Labute approximate surface area is 123 Å². The van der Waals surface area contributed by atoms with Gasteiger partial charge in [0, 0.05) is 6.42 Å². The fourth-order valence-electron chi connectivity index (χ4n) is 2.18. The average Bonchev–Trinajstić information content (AvgIpc) is 2.10. The van der Waals surface area contributed by atoms with Gasteiger partial charge in [-0.05, 0) is 45.4 Å². The molecule has 0 aliphatic heterocycles. The van der Waals surface area contributed by atoms with Crippen LogP contribution in [0.5, 0.6) is 0 Å². The van der Waals surface area contributed by atoms with Gasteiger partial charge in [-0.2, -0.15) is 0 Å². The average molecular weight is 285 g/mol. The molecule has 0 aromatic rings. The van der Waals surface area contributed by atoms with E-state index in [0.29, 0.717) is 12.3 Å². The lowest BCUT2D eigenvalue weighted by Gasteiger charge is -2.24. The summed E-state index contributed by atoms with van der Waals surface area (Å²) in [4.78, 5) is 23.7. The molecule has 1 unspecified atom stereocenters. The van der Waals surface area contributed by atoms with Gasteiger partial charge in [-0.25, -0.2) is 4.79 Å². The van der Waals surface area contributed by atoms with Crippen LogP contribution < -0.4 is 5.32 Å². The number of ether oxygens (including phenoxy) is 1. The summed E-state index contributed by atoms with van der Waals surface area (Å²) < 4.78 is 5.23. The van der Waals surface area contributed by atoms with E-state index < -0.39 is 17.6 Å². The van der Waals surface area contributed by atoms with Crippen LogP contribution in [0.15, 0.2) is 0 Å². The first-order valence-corrected chi connectivity index (χ1v) is 7.32. The van der Waals surface area contributed by atoms with Crippen LogP contribution in [0.25, 0.3) is 0 Å². The van der Waals surface area contributed by atoms with E-state index in [9.17, 15) is 9.59 Å². The van der Waals surface area contributed by atoms with Crippen molar-refractivity contribution in [3.05, 3.63) is 0 Å². The van der Waals surface area contributed by atoms with E-state index in [2.05, 4.69) is 33.0 Å². The second-order valence-electron chi connectivity index (χ2n) is 7.90. The summed E-state index contributed by atoms with van der Waals surface area (Å²) in [7, 11) is 0. The predicted octanol–water partition coefficient (Wildman–Crippen LogP) is 3.30. The Morgan fingerprint density at radius 2 is 1.55 bits per heavy atom. The van der Waals surface area contributed by atoms with Crippen molar-refractivity contribution >= 4 is 11.9 Å². The van der Waals surface area contributed by atoms with Crippen molar-refractivity contribution < 1.29 is 14.3 Å². The predicted molar refractivity (Wildman–Crippen MR) is 81.3 cm³/mol. The van der Waals surface area contributed by atoms with Crippen molar-refractivity contribution in [2.45, 2.75) is 79.9 Å². The Morgan fingerprint density at radius 3 is 1.95 bits per heavy atom. The van der Waals surface area contributed by atoms with Crippen LogP contribution in [0, 0.1) is 11.3 Å². The molecule has 0 radical (unpaired) electrons. The first-order chi connectivity index (χ1) is 8.80. The fourth-order valence-corrected chi connectivity index (χ4v) is 2.18. The maximum absolute atomic E-state index is 11.9. The minimum atomic E-state index is -0.608. The SMILES string of the molecule is CC(CC(=O)N[C@H](C)C(=O)OC(C)(C)C)CC(C)(C)C. The summed E-state index contributed by atoms with van der Waals surface area (Å²) in [6.07, 6.45) is 1.41. The number of hydrogen-bond donors (Lipinski definition) is 1. The lowest BCUT2D eigenvalue weighted by atomic mass is 9.84. The second-order valence-corrected chi connectivity index (χ2v) is 7.90. The monoisotopic (exact) mass is 285 g/mol. The highest BCUT2D eigenvalue weighted by Gasteiger charge is 2.24. The number of carbonyl (C=O) groups is 2. The van der Waals surface area contributed by atoms with E-state index in [-0.39, 0.29) is 11.3 Å². The number of amides is 1. The van der Waals surface area contributed by atoms with Crippen LogP contribution in [-0.4, -0.2) is 23.5 Å². The molecular weight excluding hydrogens is 254 g/mol. The number of carbonyl (C=O) groups excluding carboxylic acids is 2. The molecule has 4 heteroatoms. The molecular formula is C16H31NO3. The van der Waals surface area contributed by atoms with Crippen LogP contribution in [0.4, 0.5) is 0 Å². The molecule has 0 aromatic heterocycles. The second kappa shape index (κ2) is 7.09. The van der Waals surface area contributed by atoms with Crippen LogP contribution in [-0.2, 0) is 14.3 Å². The Morgan fingerprint density at radius 1 is 1.05 bits per heavy atom. The van der Waals surface area contributed by atoms with Gasteiger partial charge in [0.2, 0.25) is 5.91 Å². The highest BCUT2D eigenvalue weighted by molar-refractivity contribution is 5.84. The molecule has 0 heterocycles. The quantitative estimate of drug-likeness (QED) is 0.789. The Kier molecular flexibility index (Phi) is 6.72. The highest BCUT2D eigenvalue weighted by Crippen LogP contribution is 2.25. The van der Waals surface area contributed by atoms with Gasteiger partial charge in [-0.15, -0.1) is 0 Å². The molecule has 0 aliphatic carbocycles. The molecule has 118 valence electrons. The maximum atomic E-state index is 11.9. The topological polar surface area (TPSA) is 55.4 Å². The molecule has 1 N–H and O–H groups in total. The van der Waals surface area contributed by atoms with Gasteiger partial charge in [-0.1, -0.05) is 27.7 Å². The molecule has 2 atom stereocenters. The standard InChI is InChI=1S/C16H31NO3/c1-11(10-15(3,4)5)9-13(18)17-12(2)14(19)20-16(6,7)8/h11-12H,9-10H2,1-8H3,(H,17,18)/t11?,12-/m1/s1. The van der Waals surface area contributed by atoms with Gasteiger partial charge in [0.15, 0.2) is 0 Å². The number of nitrogens with one attached hydrogen (secondary N) is 1. The molecule has 1 amide bonds. The third-order valence-corrected chi connectivity index (χ3v) is 2.63. The van der Waals surface area contributed by atoms with Gasteiger partial charge in [0.1, 0.15) is 11.6 Å². The van der Waals surface area contributed by atoms with E-state index in [4.69, 9.17) is 4.74 Å². The molecule has 0 bridgehead atoms. The molecule has 0 rings (SSSR count). The van der Waals surface area contributed by atoms with E-state index in [1.807, 2.05) is 20.8 Å². The Bertz CT molecular complexity index is 337. The van der Waals surface area contributed by atoms with Gasteiger partial charge in [0.25, 0.3) is 0 Å². The zero-order chi connectivity index (χ0) is 16.1. The van der Waals surface area contributed by atoms with Crippen molar-refractivity contribution in [1.29, 1.82) is 0 Å². The Hall–Kier alpha value is -1.06. The normalized spacial score (nSPS) is 15.4. The van der Waals surface area contributed by atoms with E-state index >= 15 is 0 Å². The summed E-state index contributed by atoms with van der Waals surface area (Å²) in [5.41, 5.74) is -0.327. The van der Waals surface area contributed by atoms with Crippen LogP contribution in [0.3, 0.4) is 0 Å². The molecule has 20 heavy (non-hydrogen) atoms. The molecule has 0 aliphatic rings. The largest absolute Gasteiger partial charge is 0.458 e. The van der Waals surface area contributed by atoms with Crippen molar-refractivity contribution in [2.24, 2.45) is 11.3 Å². The minimum absolute atomic E-state index is 0.0971. The Balaban J connectivity index is 4.23. The third kappa shape index (κ3) is 9.82. The third-order valence-electron chi connectivity index (χ3n) is 2.63. The first-order valence-electron chi connectivity index (χ1n) is 7.32. The van der Waals surface area contributed by atoms with Crippen molar-refractivity contribution in [1.82, 2.24) is 5.32 Å².